The molecule has 4 heteroatoms. The summed E-state index contributed by atoms with van der Waals surface area (Å²) >= 11 is 0. The van der Waals surface area contributed by atoms with Gasteiger partial charge >= 0.3 is 0 Å². The van der Waals surface area contributed by atoms with Crippen LogP contribution in [0.4, 0.5) is 0 Å². The Morgan fingerprint density at radius 3 is 2.75 bits per heavy atom. The van der Waals surface area contributed by atoms with Crippen molar-refractivity contribution >= 4 is 0 Å². The van der Waals surface area contributed by atoms with E-state index in [9.17, 15) is 0 Å². The van der Waals surface area contributed by atoms with Gasteiger partial charge in [-0.1, -0.05) is 13.3 Å². The van der Waals surface area contributed by atoms with E-state index in [1.807, 2.05) is 6.92 Å². The molecule has 0 aliphatic heterocycles. The van der Waals surface area contributed by atoms with Gasteiger partial charge in [0.1, 0.15) is 0 Å². The fourth-order valence-electron chi connectivity index (χ4n) is 0.880. The monoisotopic (exact) mass is 169 g/mol. The summed E-state index contributed by atoms with van der Waals surface area (Å²) < 4.78 is 5.30. The van der Waals surface area contributed by atoms with Crippen molar-refractivity contribution < 1.29 is 4.42 Å². The number of hydrogen-bond acceptors (Lipinski definition) is 4. The second kappa shape index (κ2) is 4.21. The van der Waals surface area contributed by atoms with Gasteiger partial charge in [-0.2, -0.15) is 0 Å². The molecule has 1 aromatic heterocycles. The van der Waals surface area contributed by atoms with E-state index in [2.05, 4.69) is 17.1 Å². The highest BCUT2D eigenvalue weighted by atomic mass is 16.4. The van der Waals surface area contributed by atoms with E-state index in [4.69, 9.17) is 10.2 Å². The molecule has 68 valence electrons. The Kier molecular flexibility index (Phi) is 3.22. The third-order valence-electron chi connectivity index (χ3n) is 1.62. The molecule has 1 rings (SSSR count). The minimum atomic E-state index is -0.159. The van der Waals surface area contributed by atoms with Crippen molar-refractivity contribution in [2.45, 2.75) is 39.2 Å². The van der Waals surface area contributed by atoms with E-state index in [0.29, 0.717) is 11.8 Å². The molecular weight excluding hydrogens is 154 g/mol. The van der Waals surface area contributed by atoms with Gasteiger partial charge in [0.25, 0.3) is 0 Å². The second-order valence-corrected chi connectivity index (χ2v) is 2.93. The summed E-state index contributed by atoms with van der Waals surface area (Å²) in [6.45, 7) is 3.96. The molecule has 2 N–H and O–H groups in total. The molecule has 1 atom stereocenters. The van der Waals surface area contributed by atoms with E-state index >= 15 is 0 Å². The lowest BCUT2D eigenvalue weighted by atomic mass is 10.2. The zero-order chi connectivity index (χ0) is 8.97. The highest BCUT2D eigenvalue weighted by Crippen LogP contribution is 2.09. The highest BCUT2D eigenvalue weighted by molar-refractivity contribution is 4.86. The first kappa shape index (κ1) is 9.19. The molecule has 4 nitrogen and oxygen atoms in total. The standard InChI is InChI=1S/C8H15N3O/c1-3-4-5-7-10-11-8(12-7)6(2)9/h6H,3-5,9H2,1-2H3. The van der Waals surface area contributed by atoms with Crippen molar-refractivity contribution in [3.8, 4) is 0 Å². The molecule has 0 saturated heterocycles. The molecule has 0 radical (unpaired) electrons. The molecule has 12 heavy (non-hydrogen) atoms. The minimum Gasteiger partial charge on any atom is -0.424 e. The highest BCUT2D eigenvalue weighted by Gasteiger charge is 2.08. The lowest BCUT2D eigenvalue weighted by Gasteiger charge is -1.94. The maximum absolute atomic E-state index is 5.56. The van der Waals surface area contributed by atoms with E-state index < -0.39 is 0 Å². The number of aromatic nitrogens is 2. The van der Waals surface area contributed by atoms with Gasteiger partial charge in [-0.15, -0.1) is 10.2 Å². The second-order valence-electron chi connectivity index (χ2n) is 2.93. The Balaban J connectivity index is 2.52. The molecule has 1 heterocycles. The smallest absolute Gasteiger partial charge is 0.232 e. The Labute approximate surface area is 72.2 Å². The SMILES string of the molecule is CCCCc1nnc(C(C)N)o1. The number of unbranched alkanes of at least 4 members (excludes halogenated alkanes) is 1. The van der Waals surface area contributed by atoms with Crippen LogP contribution in [0.2, 0.25) is 0 Å². The van der Waals surface area contributed by atoms with Crippen molar-refractivity contribution in [2.75, 3.05) is 0 Å². The van der Waals surface area contributed by atoms with E-state index in [1.54, 1.807) is 0 Å². The minimum absolute atomic E-state index is 0.159. The fourth-order valence-corrected chi connectivity index (χ4v) is 0.880. The number of nitrogens with zero attached hydrogens (tertiary/aromatic N) is 2. The number of nitrogens with two attached hydrogens (primary N) is 1. The van der Waals surface area contributed by atoms with Gasteiger partial charge in [0.05, 0.1) is 6.04 Å². The Bertz CT molecular complexity index is 232. The quantitative estimate of drug-likeness (QED) is 0.740. The first-order valence-electron chi connectivity index (χ1n) is 4.32. The van der Waals surface area contributed by atoms with Gasteiger partial charge in [-0.05, 0) is 13.3 Å². The third kappa shape index (κ3) is 2.30. The maximum Gasteiger partial charge on any atom is 0.232 e. The van der Waals surface area contributed by atoms with E-state index in [0.717, 1.165) is 19.3 Å². The third-order valence-corrected chi connectivity index (χ3v) is 1.62. The maximum atomic E-state index is 5.56. The molecule has 0 aliphatic carbocycles. The zero-order valence-electron chi connectivity index (χ0n) is 7.58. The van der Waals surface area contributed by atoms with Crippen LogP contribution in [0.1, 0.15) is 44.5 Å². The summed E-state index contributed by atoms with van der Waals surface area (Å²) in [5.74, 6) is 1.23. The van der Waals surface area contributed by atoms with Gasteiger partial charge in [0.15, 0.2) is 0 Å². The van der Waals surface area contributed by atoms with Crippen LogP contribution in [-0.2, 0) is 6.42 Å². The van der Waals surface area contributed by atoms with Crippen LogP contribution >= 0.6 is 0 Å². The molecule has 1 unspecified atom stereocenters. The van der Waals surface area contributed by atoms with Crippen LogP contribution in [0.3, 0.4) is 0 Å². The molecule has 0 bridgehead atoms. The van der Waals surface area contributed by atoms with Crippen LogP contribution in [0, 0.1) is 0 Å². The molecule has 0 amide bonds. The first-order valence-corrected chi connectivity index (χ1v) is 4.32. The van der Waals surface area contributed by atoms with Gasteiger partial charge in [0.2, 0.25) is 11.8 Å². The van der Waals surface area contributed by atoms with Crippen LogP contribution in [0.25, 0.3) is 0 Å². The Hall–Kier alpha value is -0.900. The molecule has 0 spiro atoms. The van der Waals surface area contributed by atoms with E-state index in [-0.39, 0.29) is 6.04 Å². The average Bonchev–Trinajstić information content (AvgIpc) is 2.48. The summed E-state index contributed by atoms with van der Waals surface area (Å²) in [6.07, 6.45) is 3.08. The van der Waals surface area contributed by atoms with Gasteiger partial charge in [-0.3, -0.25) is 0 Å². The normalized spacial score (nSPS) is 13.2. The summed E-state index contributed by atoms with van der Waals surface area (Å²) in [5, 5.41) is 7.71. The molecule has 0 aliphatic rings. The summed E-state index contributed by atoms with van der Waals surface area (Å²) in [6, 6.07) is -0.159. The summed E-state index contributed by atoms with van der Waals surface area (Å²) in [7, 11) is 0. The molecule has 0 aromatic carbocycles. The van der Waals surface area contributed by atoms with Crippen molar-refractivity contribution in [3.05, 3.63) is 11.8 Å². The van der Waals surface area contributed by atoms with Crippen LogP contribution in [-0.4, -0.2) is 10.2 Å². The lowest BCUT2D eigenvalue weighted by Crippen LogP contribution is -2.04. The number of aryl methyl sites for hydroxylation is 1. The van der Waals surface area contributed by atoms with Crippen molar-refractivity contribution in [2.24, 2.45) is 5.73 Å². The zero-order valence-corrected chi connectivity index (χ0v) is 7.58. The van der Waals surface area contributed by atoms with Crippen molar-refractivity contribution in [1.82, 2.24) is 10.2 Å². The Morgan fingerprint density at radius 1 is 1.50 bits per heavy atom. The summed E-state index contributed by atoms with van der Waals surface area (Å²) in [5.41, 5.74) is 5.56. The van der Waals surface area contributed by atoms with Crippen LogP contribution in [0.15, 0.2) is 4.42 Å². The average molecular weight is 169 g/mol. The number of hydrogen-bond donors (Lipinski definition) is 1. The van der Waals surface area contributed by atoms with Gasteiger partial charge in [0, 0.05) is 6.42 Å². The lowest BCUT2D eigenvalue weighted by molar-refractivity contribution is 0.422. The number of rotatable bonds is 4. The van der Waals surface area contributed by atoms with Crippen molar-refractivity contribution in [1.29, 1.82) is 0 Å². The molecule has 0 saturated carbocycles. The predicted octanol–water partition coefficient (Wildman–Crippen LogP) is 1.43. The first-order chi connectivity index (χ1) is 5.74. The topological polar surface area (TPSA) is 64.9 Å². The Morgan fingerprint density at radius 2 is 2.25 bits per heavy atom. The van der Waals surface area contributed by atoms with E-state index in [1.165, 1.54) is 0 Å². The summed E-state index contributed by atoms with van der Waals surface area (Å²) in [4.78, 5) is 0. The predicted molar refractivity (Wildman–Crippen MR) is 45.5 cm³/mol. The molecule has 1 aromatic rings. The van der Waals surface area contributed by atoms with Gasteiger partial charge in [-0.25, -0.2) is 0 Å². The molecule has 0 fully saturated rings. The van der Waals surface area contributed by atoms with Crippen LogP contribution in [0.5, 0.6) is 0 Å². The fraction of sp³-hybridized carbons (Fsp3) is 0.750. The van der Waals surface area contributed by atoms with Crippen molar-refractivity contribution in [3.63, 3.8) is 0 Å². The van der Waals surface area contributed by atoms with Crippen LogP contribution < -0.4 is 5.73 Å². The van der Waals surface area contributed by atoms with Gasteiger partial charge < -0.3 is 10.2 Å². The molecular formula is C8H15N3O. The largest absolute Gasteiger partial charge is 0.424 e.